The number of anilines is 2. The fourth-order valence-electron chi connectivity index (χ4n) is 3.10. The average Bonchev–Trinajstić information content (AvgIpc) is 3.13. The molecule has 0 unspecified atom stereocenters. The van der Waals surface area contributed by atoms with Gasteiger partial charge in [0.1, 0.15) is 17.0 Å². The van der Waals surface area contributed by atoms with Gasteiger partial charge < -0.3 is 10.4 Å². The Bertz CT molecular complexity index is 1150. The van der Waals surface area contributed by atoms with Gasteiger partial charge in [0.2, 0.25) is 0 Å². The van der Waals surface area contributed by atoms with E-state index < -0.39 is 5.97 Å². The molecule has 4 rings (SSSR count). The number of rotatable bonds is 5. The SMILES string of the molecule is CC(C)c1ccc(-c2csc3ncnc(Nc4cccc(C(=O)O)c4)c23)cc1. The van der Waals surface area contributed by atoms with Crippen LogP contribution < -0.4 is 5.32 Å². The minimum Gasteiger partial charge on any atom is -0.478 e. The first-order valence-electron chi connectivity index (χ1n) is 8.96. The minimum absolute atomic E-state index is 0.227. The molecule has 0 aliphatic carbocycles. The van der Waals surface area contributed by atoms with E-state index in [0.717, 1.165) is 21.3 Å². The number of hydrogen-bond donors (Lipinski definition) is 2. The van der Waals surface area contributed by atoms with Crippen molar-refractivity contribution in [1.82, 2.24) is 9.97 Å². The molecule has 6 heteroatoms. The first kappa shape index (κ1) is 18.1. The van der Waals surface area contributed by atoms with Crippen molar-refractivity contribution in [3.63, 3.8) is 0 Å². The lowest BCUT2D eigenvalue weighted by Gasteiger charge is -2.10. The zero-order valence-corrected chi connectivity index (χ0v) is 16.3. The van der Waals surface area contributed by atoms with E-state index in [9.17, 15) is 9.90 Å². The summed E-state index contributed by atoms with van der Waals surface area (Å²) in [6, 6.07) is 15.2. The van der Waals surface area contributed by atoms with E-state index in [4.69, 9.17) is 0 Å². The van der Waals surface area contributed by atoms with Gasteiger partial charge in [-0.25, -0.2) is 14.8 Å². The number of carboxylic acid groups (broad SMARTS) is 1. The van der Waals surface area contributed by atoms with Crippen LogP contribution in [0.2, 0.25) is 0 Å². The highest BCUT2D eigenvalue weighted by molar-refractivity contribution is 7.17. The van der Waals surface area contributed by atoms with Gasteiger partial charge >= 0.3 is 5.97 Å². The third-order valence-corrected chi connectivity index (χ3v) is 5.52. The number of thiophene rings is 1. The molecule has 0 atom stereocenters. The summed E-state index contributed by atoms with van der Waals surface area (Å²) in [5.41, 5.74) is 4.36. The number of carboxylic acids is 1. The van der Waals surface area contributed by atoms with E-state index in [1.807, 2.05) is 6.07 Å². The van der Waals surface area contributed by atoms with Crippen LogP contribution in [0.25, 0.3) is 21.3 Å². The van der Waals surface area contributed by atoms with Gasteiger partial charge in [-0.05, 0) is 35.2 Å². The first-order chi connectivity index (χ1) is 13.5. The Balaban J connectivity index is 1.77. The van der Waals surface area contributed by atoms with E-state index in [-0.39, 0.29) is 5.56 Å². The molecular weight excluding hydrogens is 370 g/mol. The number of nitrogens with one attached hydrogen (secondary N) is 1. The van der Waals surface area contributed by atoms with Crippen LogP contribution in [0.5, 0.6) is 0 Å². The molecule has 28 heavy (non-hydrogen) atoms. The Kier molecular flexibility index (Phi) is 4.79. The first-order valence-corrected chi connectivity index (χ1v) is 9.84. The maximum absolute atomic E-state index is 11.2. The topological polar surface area (TPSA) is 75.1 Å². The molecule has 2 heterocycles. The number of aromatic nitrogens is 2. The molecule has 5 nitrogen and oxygen atoms in total. The number of nitrogens with zero attached hydrogens (tertiary/aromatic N) is 2. The lowest BCUT2D eigenvalue weighted by atomic mass is 9.99. The van der Waals surface area contributed by atoms with Crippen LogP contribution in [0, 0.1) is 0 Å². The summed E-state index contributed by atoms with van der Waals surface area (Å²) >= 11 is 1.57. The van der Waals surface area contributed by atoms with Crippen molar-refractivity contribution in [2.45, 2.75) is 19.8 Å². The summed E-state index contributed by atoms with van der Waals surface area (Å²) in [5.74, 6) is 0.185. The van der Waals surface area contributed by atoms with Crippen molar-refractivity contribution >= 4 is 39.0 Å². The van der Waals surface area contributed by atoms with E-state index in [1.54, 1.807) is 29.5 Å². The smallest absolute Gasteiger partial charge is 0.335 e. The molecule has 2 aromatic heterocycles. The van der Waals surface area contributed by atoms with Crippen LogP contribution in [0.4, 0.5) is 11.5 Å². The van der Waals surface area contributed by atoms with E-state index >= 15 is 0 Å². The van der Waals surface area contributed by atoms with E-state index in [1.165, 1.54) is 11.9 Å². The fraction of sp³-hybridized carbons (Fsp3) is 0.136. The van der Waals surface area contributed by atoms with E-state index in [2.05, 4.69) is 58.8 Å². The third kappa shape index (κ3) is 3.46. The molecule has 0 bridgehead atoms. The molecular formula is C22H19N3O2S. The molecule has 140 valence electrons. The summed E-state index contributed by atoms with van der Waals surface area (Å²) in [5, 5.41) is 15.5. The number of carbonyl (C=O) groups is 1. The second-order valence-electron chi connectivity index (χ2n) is 6.84. The van der Waals surface area contributed by atoms with Crippen LogP contribution >= 0.6 is 11.3 Å². The fourth-order valence-corrected chi connectivity index (χ4v) is 4.01. The van der Waals surface area contributed by atoms with Crippen molar-refractivity contribution in [3.05, 3.63) is 71.4 Å². The normalized spacial score (nSPS) is 11.1. The molecule has 2 N–H and O–H groups in total. The molecule has 4 aromatic rings. The van der Waals surface area contributed by atoms with Crippen LogP contribution in [-0.2, 0) is 0 Å². The maximum atomic E-state index is 11.2. The summed E-state index contributed by atoms with van der Waals surface area (Å²) in [6.45, 7) is 4.35. The molecule has 0 fully saturated rings. The highest BCUT2D eigenvalue weighted by atomic mass is 32.1. The van der Waals surface area contributed by atoms with Gasteiger partial charge in [-0.15, -0.1) is 11.3 Å². The van der Waals surface area contributed by atoms with Crippen molar-refractivity contribution in [1.29, 1.82) is 0 Å². The Morgan fingerprint density at radius 1 is 1.11 bits per heavy atom. The molecule has 0 saturated heterocycles. The van der Waals surface area contributed by atoms with Gasteiger partial charge in [0, 0.05) is 16.6 Å². The zero-order chi connectivity index (χ0) is 19.7. The highest BCUT2D eigenvalue weighted by Gasteiger charge is 2.14. The minimum atomic E-state index is -0.960. The summed E-state index contributed by atoms with van der Waals surface area (Å²) < 4.78 is 0. The van der Waals surface area contributed by atoms with Gasteiger partial charge in [-0.3, -0.25) is 0 Å². The molecule has 0 radical (unpaired) electrons. The standard InChI is InChI=1S/C22H19N3O2S/c1-13(2)14-6-8-15(9-7-14)18-11-28-21-19(18)20(23-12-24-21)25-17-5-3-4-16(10-17)22(26)27/h3-13H,1-2H3,(H,26,27)(H,23,24,25). The lowest BCUT2D eigenvalue weighted by Crippen LogP contribution is -1.99. The van der Waals surface area contributed by atoms with Gasteiger partial charge in [0.05, 0.1) is 10.9 Å². The molecule has 2 aromatic carbocycles. The molecule has 0 spiro atoms. The number of hydrogen-bond acceptors (Lipinski definition) is 5. The monoisotopic (exact) mass is 389 g/mol. The Hall–Kier alpha value is -3.25. The lowest BCUT2D eigenvalue weighted by molar-refractivity contribution is 0.0697. The van der Waals surface area contributed by atoms with Gasteiger partial charge in [-0.2, -0.15) is 0 Å². The van der Waals surface area contributed by atoms with Crippen LogP contribution in [0.3, 0.4) is 0 Å². The van der Waals surface area contributed by atoms with Crippen molar-refractivity contribution in [2.75, 3.05) is 5.32 Å². The predicted octanol–water partition coefficient (Wildman–Crippen LogP) is 5.92. The Morgan fingerprint density at radius 2 is 1.89 bits per heavy atom. The second-order valence-corrected chi connectivity index (χ2v) is 7.70. The average molecular weight is 389 g/mol. The molecule has 0 aliphatic heterocycles. The van der Waals surface area contributed by atoms with Gasteiger partial charge in [0.25, 0.3) is 0 Å². The number of benzene rings is 2. The molecule has 0 aliphatic rings. The van der Waals surface area contributed by atoms with Crippen molar-refractivity contribution in [2.24, 2.45) is 0 Å². The van der Waals surface area contributed by atoms with Crippen molar-refractivity contribution < 1.29 is 9.90 Å². The van der Waals surface area contributed by atoms with Crippen LogP contribution in [-0.4, -0.2) is 21.0 Å². The molecule has 0 amide bonds. The Labute approximate surface area is 166 Å². The van der Waals surface area contributed by atoms with Crippen LogP contribution in [0.1, 0.15) is 35.7 Å². The quantitative estimate of drug-likeness (QED) is 0.443. The summed E-state index contributed by atoms with van der Waals surface area (Å²) in [6.07, 6.45) is 1.52. The number of aromatic carboxylic acids is 1. The van der Waals surface area contributed by atoms with Gasteiger partial charge in [-0.1, -0.05) is 44.2 Å². The van der Waals surface area contributed by atoms with E-state index in [0.29, 0.717) is 17.4 Å². The maximum Gasteiger partial charge on any atom is 0.335 e. The van der Waals surface area contributed by atoms with Crippen molar-refractivity contribution in [3.8, 4) is 11.1 Å². The second kappa shape index (κ2) is 7.40. The Morgan fingerprint density at radius 3 is 2.61 bits per heavy atom. The third-order valence-electron chi connectivity index (χ3n) is 4.63. The largest absolute Gasteiger partial charge is 0.478 e. The summed E-state index contributed by atoms with van der Waals surface area (Å²) in [7, 11) is 0. The molecule has 0 saturated carbocycles. The van der Waals surface area contributed by atoms with Gasteiger partial charge in [0.15, 0.2) is 0 Å². The number of fused-ring (bicyclic) bond motifs is 1. The van der Waals surface area contributed by atoms with Crippen LogP contribution in [0.15, 0.2) is 60.2 Å². The highest BCUT2D eigenvalue weighted by Crippen LogP contribution is 2.37. The summed E-state index contributed by atoms with van der Waals surface area (Å²) in [4.78, 5) is 20.9. The zero-order valence-electron chi connectivity index (χ0n) is 15.5. The predicted molar refractivity (Wildman–Crippen MR) is 114 cm³/mol.